The van der Waals surface area contributed by atoms with Crippen LogP contribution in [0.4, 0.5) is 5.69 Å². The summed E-state index contributed by atoms with van der Waals surface area (Å²) in [5.74, 6) is 0.534. The predicted molar refractivity (Wildman–Crippen MR) is 112 cm³/mol. The molecule has 0 saturated carbocycles. The van der Waals surface area contributed by atoms with Crippen LogP contribution in [0.15, 0.2) is 54.7 Å². The average molecular weight is 377 g/mol. The largest absolute Gasteiger partial charge is 0.471 e. The lowest BCUT2D eigenvalue weighted by Gasteiger charge is -2.19. The molecule has 28 heavy (non-hydrogen) atoms. The number of rotatable bonds is 5. The van der Waals surface area contributed by atoms with Gasteiger partial charge in [0.25, 0.3) is 5.91 Å². The molecule has 3 aromatic rings. The number of aromatic nitrogens is 2. The van der Waals surface area contributed by atoms with Crippen LogP contribution in [-0.4, -0.2) is 15.7 Å². The second-order valence-electron chi connectivity index (χ2n) is 8.06. The zero-order chi connectivity index (χ0) is 20.3. The first-order valence-electron chi connectivity index (χ1n) is 9.38. The minimum absolute atomic E-state index is 0.110. The Balaban J connectivity index is 1.61. The summed E-state index contributed by atoms with van der Waals surface area (Å²) in [6.45, 7) is 10.7. The van der Waals surface area contributed by atoms with Gasteiger partial charge in [-0.1, -0.05) is 45.0 Å². The van der Waals surface area contributed by atoms with E-state index < -0.39 is 0 Å². The molecule has 3 rings (SSSR count). The van der Waals surface area contributed by atoms with Gasteiger partial charge in [-0.05, 0) is 60.2 Å². The maximum absolute atomic E-state index is 12.5. The third-order valence-electron chi connectivity index (χ3n) is 4.60. The molecule has 0 unspecified atom stereocenters. The minimum atomic E-state index is -0.234. The highest BCUT2D eigenvalue weighted by molar-refractivity contribution is 6.03. The lowest BCUT2D eigenvalue weighted by molar-refractivity contribution is 0.102. The van der Waals surface area contributed by atoms with E-state index in [0.29, 0.717) is 5.69 Å². The van der Waals surface area contributed by atoms with E-state index in [9.17, 15) is 4.79 Å². The lowest BCUT2D eigenvalue weighted by atomic mass is 9.87. The fraction of sp³-hybridized carbons (Fsp3) is 0.304. The predicted octanol–water partition coefficient (Wildman–Crippen LogP) is 5.09. The van der Waals surface area contributed by atoms with Crippen molar-refractivity contribution in [2.75, 3.05) is 5.32 Å². The number of hydrogen-bond acceptors (Lipinski definition) is 3. The molecule has 0 bridgehead atoms. The molecule has 1 N–H and O–H groups in total. The molecular formula is C23H27N3O2. The molecule has 0 aliphatic carbocycles. The molecule has 0 aliphatic rings. The molecule has 1 heterocycles. The van der Waals surface area contributed by atoms with Gasteiger partial charge >= 0.3 is 0 Å². The Morgan fingerprint density at radius 3 is 2.46 bits per heavy atom. The molecule has 0 saturated heterocycles. The lowest BCUT2D eigenvalue weighted by Crippen LogP contribution is -2.15. The van der Waals surface area contributed by atoms with Gasteiger partial charge < -0.3 is 10.1 Å². The minimum Gasteiger partial charge on any atom is -0.471 e. The van der Waals surface area contributed by atoms with Crippen molar-refractivity contribution >= 4 is 11.6 Å². The summed E-state index contributed by atoms with van der Waals surface area (Å²) in [4.78, 5) is 12.5. The van der Waals surface area contributed by atoms with Crippen molar-refractivity contribution in [2.45, 2.75) is 46.8 Å². The number of anilines is 1. The van der Waals surface area contributed by atoms with Crippen LogP contribution in [0.1, 0.15) is 48.0 Å². The van der Waals surface area contributed by atoms with Crippen LogP contribution < -0.4 is 10.1 Å². The summed E-state index contributed by atoms with van der Waals surface area (Å²) in [5, 5.41) is 7.23. The first-order valence-corrected chi connectivity index (χ1v) is 9.38. The molecule has 5 heteroatoms. The second-order valence-corrected chi connectivity index (χ2v) is 8.06. The Labute approximate surface area is 166 Å². The first kappa shape index (κ1) is 19.7. The molecule has 1 aromatic heterocycles. The Morgan fingerprint density at radius 2 is 1.79 bits per heavy atom. The Bertz CT molecular complexity index is 966. The number of hydrogen-bond donors (Lipinski definition) is 1. The number of ether oxygens (including phenoxy) is 1. The van der Waals surface area contributed by atoms with Crippen LogP contribution in [0, 0.1) is 13.8 Å². The highest BCUT2D eigenvalue weighted by Gasteiger charge is 2.14. The van der Waals surface area contributed by atoms with Gasteiger partial charge in [0, 0.05) is 11.9 Å². The summed E-state index contributed by atoms with van der Waals surface area (Å²) in [6.07, 6.45) is 1.74. The van der Waals surface area contributed by atoms with E-state index in [1.54, 1.807) is 16.9 Å². The molecule has 0 fully saturated rings. The van der Waals surface area contributed by atoms with E-state index in [1.165, 1.54) is 5.56 Å². The monoisotopic (exact) mass is 377 g/mol. The maximum atomic E-state index is 12.5. The molecule has 0 radical (unpaired) electrons. The highest BCUT2D eigenvalue weighted by atomic mass is 16.5. The maximum Gasteiger partial charge on any atom is 0.276 e. The first-order chi connectivity index (χ1) is 13.2. The van der Waals surface area contributed by atoms with E-state index in [4.69, 9.17) is 4.74 Å². The van der Waals surface area contributed by atoms with Crippen LogP contribution >= 0.6 is 0 Å². The molecular weight excluding hydrogens is 350 g/mol. The number of amides is 1. The number of carbonyl (C=O) groups is 1. The SMILES string of the molecule is Cc1ccc(C)c(NC(=O)c2ccn(COc3ccc(C(C)(C)C)cc3)n2)c1. The number of benzene rings is 2. The fourth-order valence-corrected chi connectivity index (χ4v) is 2.80. The van der Waals surface area contributed by atoms with E-state index in [2.05, 4.69) is 43.3 Å². The molecule has 0 atom stereocenters. The normalized spacial score (nSPS) is 11.3. The third kappa shape index (κ3) is 4.80. The van der Waals surface area contributed by atoms with Crippen molar-refractivity contribution in [3.05, 3.63) is 77.1 Å². The van der Waals surface area contributed by atoms with Gasteiger partial charge in [-0.25, -0.2) is 4.68 Å². The summed E-state index contributed by atoms with van der Waals surface area (Å²) in [7, 11) is 0. The van der Waals surface area contributed by atoms with E-state index in [1.807, 2.05) is 44.2 Å². The van der Waals surface area contributed by atoms with Gasteiger partial charge in [-0.15, -0.1) is 0 Å². The van der Waals surface area contributed by atoms with Gasteiger partial charge in [0.05, 0.1) is 0 Å². The molecule has 1 amide bonds. The Kier molecular flexibility index (Phi) is 5.54. The number of aryl methyl sites for hydroxylation is 2. The van der Waals surface area contributed by atoms with Gasteiger partial charge in [-0.3, -0.25) is 4.79 Å². The van der Waals surface area contributed by atoms with Crippen LogP contribution in [0.5, 0.6) is 5.75 Å². The van der Waals surface area contributed by atoms with Crippen molar-refractivity contribution in [1.29, 1.82) is 0 Å². The zero-order valence-electron chi connectivity index (χ0n) is 17.1. The fourth-order valence-electron chi connectivity index (χ4n) is 2.80. The summed E-state index contributed by atoms with van der Waals surface area (Å²) in [6, 6.07) is 15.7. The van der Waals surface area contributed by atoms with Crippen molar-refractivity contribution in [1.82, 2.24) is 9.78 Å². The standard InChI is InChI=1S/C23H27N3O2/c1-16-6-7-17(2)21(14-16)24-22(27)20-12-13-26(25-20)15-28-19-10-8-18(9-11-19)23(3,4)5/h6-14H,15H2,1-5H3,(H,24,27). The highest BCUT2D eigenvalue weighted by Crippen LogP contribution is 2.24. The van der Waals surface area contributed by atoms with Gasteiger partial charge in [0.1, 0.15) is 5.75 Å². The van der Waals surface area contributed by atoms with Crippen molar-refractivity contribution < 1.29 is 9.53 Å². The molecule has 146 valence electrons. The van der Waals surface area contributed by atoms with Crippen molar-refractivity contribution in [2.24, 2.45) is 0 Å². The van der Waals surface area contributed by atoms with Gasteiger partial charge in [-0.2, -0.15) is 5.10 Å². The van der Waals surface area contributed by atoms with Crippen molar-refractivity contribution in [3.8, 4) is 5.75 Å². The second kappa shape index (κ2) is 7.89. The quantitative estimate of drug-likeness (QED) is 0.674. The van der Waals surface area contributed by atoms with Crippen LogP contribution in [0.25, 0.3) is 0 Å². The summed E-state index contributed by atoms with van der Waals surface area (Å²) < 4.78 is 7.38. The van der Waals surface area contributed by atoms with E-state index >= 15 is 0 Å². The third-order valence-corrected chi connectivity index (χ3v) is 4.60. The average Bonchev–Trinajstić information content (AvgIpc) is 3.12. The van der Waals surface area contributed by atoms with Crippen molar-refractivity contribution in [3.63, 3.8) is 0 Å². The van der Waals surface area contributed by atoms with Gasteiger partial charge in [0.15, 0.2) is 12.4 Å². The van der Waals surface area contributed by atoms with Gasteiger partial charge in [0.2, 0.25) is 0 Å². The van der Waals surface area contributed by atoms with E-state index in [0.717, 1.165) is 22.6 Å². The van der Waals surface area contributed by atoms with E-state index in [-0.39, 0.29) is 18.1 Å². The number of nitrogens with one attached hydrogen (secondary N) is 1. The number of nitrogens with zero attached hydrogens (tertiary/aromatic N) is 2. The van der Waals surface area contributed by atoms with Crippen LogP contribution in [0.3, 0.4) is 0 Å². The zero-order valence-corrected chi connectivity index (χ0v) is 17.1. The van der Waals surface area contributed by atoms with Crippen LogP contribution in [-0.2, 0) is 12.1 Å². The molecule has 0 aliphatic heterocycles. The number of carbonyl (C=O) groups excluding carboxylic acids is 1. The Hall–Kier alpha value is -3.08. The summed E-state index contributed by atoms with van der Waals surface area (Å²) >= 11 is 0. The Morgan fingerprint density at radius 1 is 1.07 bits per heavy atom. The summed E-state index contributed by atoms with van der Waals surface area (Å²) in [5.41, 5.74) is 4.63. The smallest absolute Gasteiger partial charge is 0.276 e. The topological polar surface area (TPSA) is 56.2 Å². The molecule has 0 spiro atoms. The molecule has 2 aromatic carbocycles. The molecule has 5 nitrogen and oxygen atoms in total. The van der Waals surface area contributed by atoms with Crippen LogP contribution in [0.2, 0.25) is 0 Å².